The van der Waals surface area contributed by atoms with Crippen molar-refractivity contribution in [3.8, 4) is 0 Å². The molecule has 106 valence electrons. The first kappa shape index (κ1) is 12.9. The number of nitrogens with two attached hydrogens (primary N) is 1. The number of likely N-dealkylation sites (N-methyl/N-ethyl adjacent to an activating group) is 1. The summed E-state index contributed by atoms with van der Waals surface area (Å²) in [5.74, 6) is -0.0976. The van der Waals surface area contributed by atoms with Gasteiger partial charge in [0.25, 0.3) is 0 Å². The maximum Gasteiger partial charge on any atom is 0.241 e. The van der Waals surface area contributed by atoms with Crippen molar-refractivity contribution < 1.29 is 9.59 Å². The molecule has 0 radical (unpaired) electrons. The maximum atomic E-state index is 12.5. The molecule has 1 aliphatic carbocycles. The average Bonchev–Trinajstić information content (AvgIpc) is 2.88. The zero-order chi connectivity index (χ0) is 13.6. The highest BCUT2D eigenvalue weighted by Gasteiger charge is 2.50. The second-order valence-corrected chi connectivity index (χ2v) is 5.79. The summed E-state index contributed by atoms with van der Waals surface area (Å²) in [4.78, 5) is 25.9. The number of hydrazine groups is 1. The molecule has 4 atom stereocenters. The van der Waals surface area contributed by atoms with Gasteiger partial charge in [0.05, 0.1) is 0 Å². The molecule has 0 aromatic rings. The summed E-state index contributed by atoms with van der Waals surface area (Å²) >= 11 is 0. The van der Waals surface area contributed by atoms with E-state index in [0.717, 1.165) is 32.4 Å². The number of nitrogens with one attached hydrogen (secondary N) is 1. The molecule has 0 aromatic carbocycles. The summed E-state index contributed by atoms with van der Waals surface area (Å²) in [7, 11) is 0. The fourth-order valence-corrected chi connectivity index (χ4v) is 3.96. The Morgan fingerprint density at radius 1 is 1.37 bits per heavy atom. The van der Waals surface area contributed by atoms with Crippen LogP contribution in [0.25, 0.3) is 0 Å². The molecule has 1 saturated carbocycles. The van der Waals surface area contributed by atoms with Crippen LogP contribution in [-0.4, -0.2) is 52.9 Å². The molecular formula is C13H22N4O2. The number of piperazine rings is 1. The van der Waals surface area contributed by atoms with E-state index >= 15 is 0 Å². The molecule has 0 spiro atoms. The average molecular weight is 266 g/mol. The van der Waals surface area contributed by atoms with Gasteiger partial charge in [0.2, 0.25) is 11.8 Å². The molecule has 0 bridgehead atoms. The van der Waals surface area contributed by atoms with Crippen LogP contribution in [0.1, 0.15) is 32.6 Å². The number of carbonyl (C=O) groups excluding carboxylic acids is 2. The molecule has 3 N–H and O–H groups in total. The van der Waals surface area contributed by atoms with Gasteiger partial charge in [0.15, 0.2) is 0 Å². The van der Waals surface area contributed by atoms with Crippen LogP contribution < -0.4 is 11.2 Å². The monoisotopic (exact) mass is 266 g/mol. The van der Waals surface area contributed by atoms with Crippen molar-refractivity contribution in [2.75, 3.05) is 13.1 Å². The van der Waals surface area contributed by atoms with E-state index in [0.29, 0.717) is 12.5 Å². The summed E-state index contributed by atoms with van der Waals surface area (Å²) < 4.78 is 0. The Hall–Kier alpha value is -1.14. The topological polar surface area (TPSA) is 78.7 Å². The predicted molar refractivity (Wildman–Crippen MR) is 69.7 cm³/mol. The third-order valence-corrected chi connectivity index (χ3v) is 4.90. The van der Waals surface area contributed by atoms with Gasteiger partial charge in [-0.1, -0.05) is 0 Å². The van der Waals surface area contributed by atoms with Gasteiger partial charge >= 0.3 is 0 Å². The van der Waals surface area contributed by atoms with E-state index in [2.05, 4.69) is 10.4 Å². The minimum atomic E-state index is -0.224. The van der Waals surface area contributed by atoms with E-state index in [1.165, 1.54) is 0 Å². The highest BCUT2D eigenvalue weighted by Crippen LogP contribution is 2.36. The van der Waals surface area contributed by atoms with Crippen molar-refractivity contribution in [1.82, 2.24) is 15.3 Å². The quantitative estimate of drug-likeness (QED) is 0.703. The lowest BCUT2D eigenvalue weighted by atomic mass is 9.79. The van der Waals surface area contributed by atoms with E-state index in [4.69, 9.17) is 5.73 Å². The first-order valence-corrected chi connectivity index (χ1v) is 7.25. The largest absolute Gasteiger partial charge is 0.369 e. The number of rotatable bonds is 2. The molecule has 2 amide bonds. The lowest BCUT2D eigenvalue weighted by Gasteiger charge is -2.51. The highest BCUT2D eigenvalue weighted by molar-refractivity contribution is 5.84. The molecule has 4 unspecified atom stereocenters. The third-order valence-electron chi connectivity index (χ3n) is 4.90. The zero-order valence-corrected chi connectivity index (χ0v) is 11.3. The van der Waals surface area contributed by atoms with Crippen molar-refractivity contribution in [2.45, 2.75) is 50.7 Å². The normalized spacial score (nSPS) is 39.0. The van der Waals surface area contributed by atoms with Crippen LogP contribution in [0.3, 0.4) is 0 Å². The summed E-state index contributed by atoms with van der Waals surface area (Å²) in [5, 5.41) is 2.15. The number of amides is 2. The number of nitrogens with zero attached hydrogens (tertiary/aromatic N) is 2. The van der Waals surface area contributed by atoms with Gasteiger partial charge < -0.3 is 10.6 Å². The molecular weight excluding hydrogens is 244 g/mol. The SMILES string of the molecule is CCN1C(=O)C2CCNN2C2CCC(C(N)=O)CC21. The third kappa shape index (κ3) is 1.94. The molecule has 3 fully saturated rings. The second kappa shape index (κ2) is 4.76. The van der Waals surface area contributed by atoms with Gasteiger partial charge in [0.1, 0.15) is 6.04 Å². The van der Waals surface area contributed by atoms with E-state index in [1.807, 2.05) is 11.8 Å². The van der Waals surface area contributed by atoms with Crippen LogP contribution in [0.15, 0.2) is 0 Å². The Bertz CT molecular complexity index is 400. The fraction of sp³-hybridized carbons (Fsp3) is 0.846. The Labute approximate surface area is 113 Å². The number of hydrogen-bond donors (Lipinski definition) is 2. The summed E-state index contributed by atoms with van der Waals surface area (Å²) in [6, 6.07) is 0.456. The lowest BCUT2D eigenvalue weighted by molar-refractivity contribution is -0.155. The standard InChI is InChI=1S/C13H22N4O2/c1-2-16-11-7-8(12(14)18)3-4-9(11)17-10(13(16)19)5-6-15-17/h8-11,15H,2-7H2,1H3,(H2,14,18). The molecule has 6 heteroatoms. The first-order valence-electron chi connectivity index (χ1n) is 7.25. The molecule has 0 aromatic heterocycles. The van der Waals surface area contributed by atoms with Gasteiger partial charge in [-0.3, -0.25) is 15.0 Å². The van der Waals surface area contributed by atoms with Gasteiger partial charge in [-0.15, -0.1) is 0 Å². The summed E-state index contributed by atoms with van der Waals surface area (Å²) in [6.07, 6.45) is 3.38. The maximum absolute atomic E-state index is 12.5. The Kier molecular flexibility index (Phi) is 3.22. The van der Waals surface area contributed by atoms with Gasteiger partial charge in [-0.25, -0.2) is 5.01 Å². The molecule has 2 saturated heterocycles. The van der Waals surface area contributed by atoms with Crippen molar-refractivity contribution >= 4 is 11.8 Å². The highest BCUT2D eigenvalue weighted by atomic mass is 16.2. The number of carbonyl (C=O) groups is 2. The van der Waals surface area contributed by atoms with Crippen LogP contribution in [0.4, 0.5) is 0 Å². The predicted octanol–water partition coefficient (Wildman–Crippen LogP) is -0.550. The second-order valence-electron chi connectivity index (χ2n) is 5.79. The molecule has 3 rings (SSSR count). The fourth-order valence-electron chi connectivity index (χ4n) is 3.96. The van der Waals surface area contributed by atoms with E-state index < -0.39 is 0 Å². The van der Waals surface area contributed by atoms with Gasteiger partial charge in [-0.2, -0.15) is 0 Å². The van der Waals surface area contributed by atoms with E-state index in [9.17, 15) is 9.59 Å². The van der Waals surface area contributed by atoms with Crippen LogP contribution in [0.2, 0.25) is 0 Å². The van der Waals surface area contributed by atoms with Crippen molar-refractivity contribution in [3.63, 3.8) is 0 Å². The van der Waals surface area contributed by atoms with Crippen LogP contribution in [0.5, 0.6) is 0 Å². The van der Waals surface area contributed by atoms with Crippen molar-refractivity contribution in [1.29, 1.82) is 0 Å². The number of hydrogen-bond acceptors (Lipinski definition) is 4. The number of fused-ring (bicyclic) bond motifs is 3. The van der Waals surface area contributed by atoms with Crippen molar-refractivity contribution in [3.05, 3.63) is 0 Å². The van der Waals surface area contributed by atoms with E-state index in [1.54, 1.807) is 0 Å². The minimum absolute atomic E-state index is 0.00803. The molecule has 2 aliphatic heterocycles. The Balaban J connectivity index is 1.86. The summed E-state index contributed by atoms with van der Waals surface area (Å²) in [6.45, 7) is 3.60. The Morgan fingerprint density at radius 3 is 2.84 bits per heavy atom. The minimum Gasteiger partial charge on any atom is -0.369 e. The smallest absolute Gasteiger partial charge is 0.241 e. The van der Waals surface area contributed by atoms with Gasteiger partial charge in [-0.05, 0) is 32.6 Å². The summed E-state index contributed by atoms with van der Waals surface area (Å²) in [5.41, 5.74) is 8.79. The Morgan fingerprint density at radius 2 is 2.16 bits per heavy atom. The van der Waals surface area contributed by atoms with Crippen LogP contribution >= 0.6 is 0 Å². The number of primary amides is 1. The molecule has 2 heterocycles. The lowest BCUT2D eigenvalue weighted by Crippen LogP contribution is -2.68. The van der Waals surface area contributed by atoms with Gasteiger partial charge in [0, 0.05) is 31.1 Å². The van der Waals surface area contributed by atoms with E-state index in [-0.39, 0.29) is 29.8 Å². The molecule has 19 heavy (non-hydrogen) atoms. The molecule has 3 aliphatic rings. The first-order chi connectivity index (χ1) is 9.13. The van der Waals surface area contributed by atoms with Crippen LogP contribution in [0, 0.1) is 5.92 Å². The van der Waals surface area contributed by atoms with Crippen molar-refractivity contribution in [2.24, 2.45) is 11.7 Å². The zero-order valence-electron chi connectivity index (χ0n) is 11.3. The molecule has 6 nitrogen and oxygen atoms in total. The van der Waals surface area contributed by atoms with Crippen LogP contribution in [-0.2, 0) is 9.59 Å².